The fraction of sp³-hybridized carbons (Fsp3) is 0.238. The first-order chi connectivity index (χ1) is 12.7. The summed E-state index contributed by atoms with van der Waals surface area (Å²) in [6.45, 7) is 3.30. The Bertz CT molecular complexity index is 881. The van der Waals surface area contributed by atoms with Gasteiger partial charge in [-0.2, -0.15) is 5.10 Å². The minimum Gasteiger partial charge on any atom is -0.336 e. The summed E-state index contributed by atoms with van der Waals surface area (Å²) in [5, 5.41) is 4.74. The summed E-state index contributed by atoms with van der Waals surface area (Å²) in [4.78, 5) is 17.4. The van der Waals surface area contributed by atoms with E-state index in [1.54, 1.807) is 4.68 Å². The van der Waals surface area contributed by atoms with E-state index in [4.69, 9.17) is 5.10 Å². The number of benzene rings is 2. The molecule has 1 amide bonds. The van der Waals surface area contributed by atoms with E-state index in [9.17, 15) is 4.79 Å². The molecule has 1 saturated heterocycles. The lowest BCUT2D eigenvalue weighted by Crippen LogP contribution is -2.47. The molecular weight excluding hydrogens is 324 g/mol. The molecule has 0 radical (unpaired) electrons. The van der Waals surface area contributed by atoms with Crippen LogP contribution in [-0.4, -0.2) is 58.7 Å². The van der Waals surface area contributed by atoms with Crippen LogP contribution in [0.25, 0.3) is 16.9 Å². The van der Waals surface area contributed by atoms with Gasteiger partial charge in [0.25, 0.3) is 5.91 Å². The second-order valence-corrected chi connectivity index (χ2v) is 6.63. The molecule has 4 rings (SSSR count). The SMILES string of the molecule is CN1CCN(C(=O)c2cn(-c3ccccc3)nc2-c2ccccc2)CC1. The van der Waals surface area contributed by atoms with Crippen molar-refractivity contribution >= 4 is 5.91 Å². The van der Waals surface area contributed by atoms with Gasteiger partial charge in [-0.05, 0) is 19.2 Å². The minimum atomic E-state index is 0.0548. The van der Waals surface area contributed by atoms with Gasteiger partial charge in [-0.3, -0.25) is 4.79 Å². The summed E-state index contributed by atoms with van der Waals surface area (Å²) in [7, 11) is 2.09. The Kier molecular flexibility index (Phi) is 4.54. The van der Waals surface area contributed by atoms with E-state index in [-0.39, 0.29) is 5.91 Å². The van der Waals surface area contributed by atoms with Gasteiger partial charge in [0.15, 0.2) is 0 Å². The van der Waals surface area contributed by atoms with Crippen LogP contribution < -0.4 is 0 Å². The van der Waals surface area contributed by atoms with Gasteiger partial charge in [-0.1, -0.05) is 48.5 Å². The molecule has 5 nitrogen and oxygen atoms in total. The Morgan fingerprint density at radius 3 is 2.15 bits per heavy atom. The first-order valence-corrected chi connectivity index (χ1v) is 8.91. The van der Waals surface area contributed by atoms with E-state index in [1.165, 1.54) is 0 Å². The molecule has 0 atom stereocenters. The fourth-order valence-corrected chi connectivity index (χ4v) is 3.23. The van der Waals surface area contributed by atoms with E-state index >= 15 is 0 Å². The molecule has 1 aromatic heterocycles. The molecule has 0 unspecified atom stereocenters. The molecule has 0 bridgehead atoms. The largest absolute Gasteiger partial charge is 0.336 e. The molecule has 0 aliphatic carbocycles. The second-order valence-electron chi connectivity index (χ2n) is 6.63. The van der Waals surface area contributed by atoms with Crippen molar-refractivity contribution in [3.8, 4) is 16.9 Å². The third-order valence-electron chi connectivity index (χ3n) is 4.80. The van der Waals surface area contributed by atoms with Gasteiger partial charge in [0, 0.05) is 37.9 Å². The van der Waals surface area contributed by atoms with Crippen molar-refractivity contribution in [2.45, 2.75) is 0 Å². The van der Waals surface area contributed by atoms with Crippen LogP contribution in [0.1, 0.15) is 10.4 Å². The predicted octanol–water partition coefficient (Wildman–Crippen LogP) is 2.93. The number of rotatable bonds is 3. The van der Waals surface area contributed by atoms with E-state index in [1.807, 2.05) is 71.8 Å². The average molecular weight is 346 g/mol. The van der Waals surface area contributed by atoms with Crippen molar-refractivity contribution in [2.24, 2.45) is 0 Å². The van der Waals surface area contributed by atoms with Crippen molar-refractivity contribution in [1.29, 1.82) is 0 Å². The smallest absolute Gasteiger partial charge is 0.257 e. The van der Waals surface area contributed by atoms with Crippen molar-refractivity contribution in [2.75, 3.05) is 33.2 Å². The molecule has 0 N–H and O–H groups in total. The number of amides is 1. The first-order valence-electron chi connectivity index (χ1n) is 8.91. The fourth-order valence-electron chi connectivity index (χ4n) is 3.23. The summed E-state index contributed by atoms with van der Waals surface area (Å²) < 4.78 is 1.80. The number of para-hydroxylation sites is 1. The highest BCUT2D eigenvalue weighted by atomic mass is 16.2. The van der Waals surface area contributed by atoms with E-state index < -0.39 is 0 Å². The molecule has 3 aromatic rings. The van der Waals surface area contributed by atoms with Crippen LogP contribution in [0.15, 0.2) is 66.9 Å². The third-order valence-corrected chi connectivity index (χ3v) is 4.80. The molecule has 2 aromatic carbocycles. The van der Waals surface area contributed by atoms with Gasteiger partial charge >= 0.3 is 0 Å². The lowest BCUT2D eigenvalue weighted by atomic mass is 10.1. The number of aromatic nitrogens is 2. The Hall–Kier alpha value is -2.92. The topological polar surface area (TPSA) is 41.4 Å². The van der Waals surface area contributed by atoms with Crippen LogP contribution in [0, 0.1) is 0 Å². The predicted molar refractivity (Wildman–Crippen MR) is 102 cm³/mol. The zero-order valence-electron chi connectivity index (χ0n) is 14.9. The van der Waals surface area contributed by atoms with Gasteiger partial charge in [0.05, 0.1) is 11.3 Å². The lowest BCUT2D eigenvalue weighted by Gasteiger charge is -2.32. The van der Waals surface area contributed by atoms with Crippen LogP contribution in [0.2, 0.25) is 0 Å². The molecule has 1 aliphatic heterocycles. The Morgan fingerprint density at radius 2 is 1.50 bits per heavy atom. The zero-order valence-corrected chi connectivity index (χ0v) is 14.9. The number of nitrogens with zero attached hydrogens (tertiary/aromatic N) is 4. The second kappa shape index (κ2) is 7.14. The van der Waals surface area contributed by atoms with Crippen LogP contribution in [0.3, 0.4) is 0 Å². The van der Waals surface area contributed by atoms with Crippen molar-refractivity contribution in [3.63, 3.8) is 0 Å². The summed E-state index contributed by atoms with van der Waals surface area (Å²) >= 11 is 0. The summed E-state index contributed by atoms with van der Waals surface area (Å²) in [6.07, 6.45) is 1.86. The highest BCUT2D eigenvalue weighted by Crippen LogP contribution is 2.25. The van der Waals surface area contributed by atoms with E-state index in [0.717, 1.165) is 43.1 Å². The first kappa shape index (κ1) is 16.5. The van der Waals surface area contributed by atoms with E-state index in [2.05, 4.69) is 11.9 Å². The molecule has 1 aliphatic rings. The van der Waals surface area contributed by atoms with Gasteiger partial charge in [-0.15, -0.1) is 0 Å². The van der Waals surface area contributed by atoms with Crippen LogP contribution in [0.4, 0.5) is 0 Å². The monoisotopic (exact) mass is 346 g/mol. The van der Waals surface area contributed by atoms with Gasteiger partial charge in [0.1, 0.15) is 5.69 Å². The van der Waals surface area contributed by atoms with Crippen molar-refractivity contribution in [3.05, 3.63) is 72.4 Å². The van der Waals surface area contributed by atoms with Crippen molar-refractivity contribution < 1.29 is 4.79 Å². The maximum Gasteiger partial charge on any atom is 0.257 e. The number of piperazine rings is 1. The lowest BCUT2D eigenvalue weighted by molar-refractivity contribution is 0.0665. The maximum atomic E-state index is 13.2. The van der Waals surface area contributed by atoms with E-state index in [0.29, 0.717) is 5.56 Å². The van der Waals surface area contributed by atoms with Gasteiger partial charge in [-0.25, -0.2) is 4.68 Å². The normalized spacial score (nSPS) is 15.2. The summed E-state index contributed by atoms with van der Waals surface area (Å²) in [5.74, 6) is 0.0548. The Balaban J connectivity index is 1.74. The van der Waals surface area contributed by atoms with Gasteiger partial charge < -0.3 is 9.80 Å². The van der Waals surface area contributed by atoms with Crippen LogP contribution in [-0.2, 0) is 0 Å². The molecular formula is C21H22N4O. The maximum absolute atomic E-state index is 13.2. The third kappa shape index (κ3) is 3.26. The molecule has 1 fully saturated rings. The van der Waals surface area contributed by atoms with Gasteiger partial charge in [0.2, 0.25) is 0 Å². The highest BCUT2D eigenvalue weighted by molar-refractivity contribution is 6.00. The number of hydrogen-bond donors (Lipinski definition) is 0. The number of hydrogen-bond acceptors (Lipinski definition) is 3. The van der Waals surface area contributed by atoms with Crippen LogP contribution >= 0.6 is 0 Å². The Labute approximate surface area is 153 Å². The highest BCUT2D eigenvalue weighted by Gasteiger charge is 2.25. The number of carbonyl (C=O) groups is 1. The molecule has 0 saturated carbocycles. The number of likely N-dealkylation sites (N-methyl/N-ethyl adjacent to an activating group) is 1. The minimum absolute atomic E-state index is 0.0548. The molecule has 0 spiro atoms. The summed E-state index contributed by atoms with van der Waals surface area (Å²) in [5.41, 5.74) is 3.30. The zero-order chi connectivity index (χ0) is 17.9. The quantitative estimate of drug-likeness (QED) is 0.732. The molecule has 2 heterocycles. The summed E-state index contributed by atoms with van der Waals surface area (Å²) in [6, 6.07) is 19.8. The molecule has 132 valence electrons. The molecule has 26 heavy (non-hydrogen) atoms. The standard InChI is InChI=1S/C21H22N4O/c1-23-12-14-24(15-13-23)21(26)19-16-25(18-10-6-3-7-11-18)22-20(19)17-8-4-2-5-9-17/h2-11,16H,12-15H2,1H3. The average Bonchev–Trinajstić information content (AvgIpc) is 3.15. The molecule has 5 heteroatoms. The number of carbonyl (C=O) groups excluding carboxylic acids is 1. The van der Waals surface area contributed by atoms with Crippen molar-refractivity contribution in [1.82, 2.24) is 19.6 Å². The Morgan fingerprint density at radius 1 is 0.885 bits per heavy atom. The van der Waals surface area contributed by atoms with Crippen LogP contribution in [0.5, 0.6) is 0 Å².